The van der Waals surface area contributed by atoms with E-state index in [0.29, 0.717) is 23.8 Å². The third-order valence-corrected chi connectivity index (χ3v) is 2.26. The number of phenols is 1. The summed E-state index contributed by atoms with van der Waals surface area (Å²) in [7, 11) is 1.59. The Morgan fingerprint density at radius 3 is 2.61 bits per heavy atom. The highest BCUT2D eigenvalue weighted by Crippen LogP contribution is 2.08. The SMILES string of the molecule is COCCNC(=S)NNC(=O)c1ccc(O)cc1. The highest BCUT2D eigenvalue weighted by molar-refractivity contribution is 7.80. The molecule has 0 aliphatic heterocycles. The molecule has 1 rings (SSSR count). The molecule has 98 valence electrons. The van der Waals surface area contributed by atoms with E-state index in [2.05, 4.69) is 16.2 Å². The number of phenolic OH excluding ortho intramolecular Hbond substituents is 1. The van der Waals surface area contributed by atoms with Crippen LogP contribution in [-0.2, 0) is 4.74 Å². The van der Waals surface area contributed by atoms with Gasteiger partial charge in [0.25, 0.3) is 5.91 Å². The minimum absolute atomic E-state index is 0.108. The van der Waals surface area contributed by atoms with Gasteiger partial charge in [-0.2, -0.15) is 0 Å². The largest absolute Gasteiger partial charge is 0.508 e. The quantitative estimate of drug-likeness (QED) is 0.354. The summed E-state index contributed by atoms with van der Waals surface area (Å²) in [6, 6.07) is 5.88. The number of carbonyl (C=O) groups excluding carboxylic acids is 1. The molecule has 18 heavy (non-hydrogen) atoms. The molecule has 1 aromatic rings. The number of aromatic hydroxyl groups is 1. The Kier molecular flexibility index (Phi) is 5.89. The molecule has 0 heterocycles. The third-order valence-electron chi connectivity index (χ3n) is 2.01. The molecule has 6 nitrogen and oxygen atoms in total. The minimum Gasteiger partial charge on any atom is -0.508 e. The summed E-state index contributed by atoms with van der Waals surface area (Å²) in [6.45, 7) is 1.07. The zero-order chi connectivity index (χ0) is 13.4. The van der Waals surface area contributed by atoms with Gasteiger partial charge in [0.2, 0.25) is 0 Å². The van der Waals surface area contributed by atoms with E-state index in [1.807, 2.05) is 0 Å². The average molecular weight is 269 g/mol. The maximum absolute atomic E-state index is 11.6. The Labute approximate surface area is 110 Å². The van der Waals surface area contributed by atoms with Gasteiger partial charge >= 0.3 is 0 Å². The van der Waals surface area contributed by atoms with Crippen molar-refractivity contribution in [2.24, 2.45) is 0 Å². The molecular formula is C11H15N3O3S. The lowest BCUT2D eigenvalue weighted by Gasteiger charge is -2.11. The zero-order valence-corrected chi connectivity index (χ0v) is 10.7. The van der Waals surface area contributed by atoms with Gasteiger partial charge in [0.1, 0.15) is 5.75 Å². The van der Waals surface area contributed by atoms with Gasteiger partial charge in [-0.1, -0.05) is 0 Å². The number of rotatable bonds is 4. The van der Waals surface area contributed by atoms with Crippen molar-refractivity contribution in [3.8, 4) is 5.75 Å². The first kappa shape index (κ1) is 14.2. The van der Waals surface area contributed by atoms with Crippen LogP contribution in [0.1, 0.15) is 10.4 Å². The molecule has 0 aliphatic rings. The summed E-state index contributed by atoms with van der Waals surface area (Å²) < 4.78 is 4.84. The van der Waals surface area contributed by atoms with E-state index in [0.717, 1.165) is 0 Å². The molecule has 1 amide bonds. The van der Waals surface area contributed by atoms with E-state index in [1.165, 1.54) is 24.3 Å². The molecule has 0 atom stereocenters. The predicted molar refractivity (Wildman–Crippen MR) is 71.2 cm³/mol. The summed E-state index contributed by atoms with van der Waals surface area (Å²) in [5.74, 6) is -0.234. The van der Waals surface area contributed by atoms with Crippen LogP contribution in [0, 0.1) is 0 Å². The van der Waals surface area contributed by atoms with Crippen molar-refractivity contribution in [2.75, 3.05) is 20.3 Å². The van der Waals surface area contributed by atoms with E-state index in [-0.39, 0.29) is 11.7 Å². The fourth-order valence-electron chi connectivity index (χ4n) is 1.11. The topological polar surface area (TPSA) is 82.6 Å². The van der Waals surface area contributed by atoms with Gasteiger partial charge < -0.3 is 15.2 Å². The Balaban J connectivity index is 2.32. The Hall–Kier alpha value is -1.86. The number of ether oxygens (including phenoxy) is 1. The normalized spacial score (nSPS) is 9.61. The van der Waals surface area contributed by atoms with Gasteiger partial charge in [-0.15, -0.1) is 0 Å². The van der Waals surface area contributed by atoms with Crippen LogP contribution in [0.15, 0.2) is 24.3 Å². The van der Waals surface area contributed by atoms with Gasteiger partial charge in [0.05, 0.1) is 6.61 Å². The van der Waals surface area contributed by atoms with Crippen LogP contribution in [0.25, 0.3) is 0 Å². The number of hydrogen-bond acceptors (Lipinski definition) is 4. The standard InChI is InChI=1S/C11H15N3O3S/c1-17-7-6-12-11(18)14-13-10(16)8-2-4-9(15)5-3-8/h2-5,15H,6-7H2,1H3,(H,13,16)(H2,12,14,18). The van der Waals surface area contributed by atoms with Crippen molar-refractivity contribution in [1.82, 2.24) is 16.2 Å². The lowest BCUT2D eigenvalue weighted by atomic mass is 10.2. The van der Waals surface area contributed by atoms with E-state index in [9.17, 15) is 4.79 Å². The Morgan fingerprint density at radius 2 is 2.00 bits per heavy atom. The first-order chi connectivity index (χ1) is 8.63. The maximum Gasteiger partial charge on any atom is 0.269 e. The molecule has 0 spiro atoms. The van der Waals surface area contributed by atoms with E-state index in [1.54, 1.807) is 7.11 Å². The van der Waals surface area contributed by atoms with Crippen molar-refractivity contribution in [3.05, 3.63) is 29.8 Å². The molecule has 0 aromatic heterocycles. The van der Waals surface area contributed by atoms with Crippen LogP contribution in [0.4, 0.5) is 0 Å². The minimum atomic E-state index is -0.342. The number of hydrogen-bond donors (Lipinski definition) is 4. The summed E-state index contributed by atoms with van der Waals surface area (Å²) in [5, 5.41) is 12.2. The van der Waals surface area contributed by atoms with Crippen molar-refractivity contribution in [1.29, 1.82) is 0 Å². The van der Waals surface area contributed by atoms with Crippen LogP contribution < -0.4 is 16.2 Å². The van der Waals surface area contributed by atoms with Gasteiger partial charge in [0.15, 0.2) is 5.11 Å². The van der Waals surface area contributed by atoms with Crippen molar-refractivity contribution < 1.29 is 14.6 Å². The van der Waals surface area contributed by atoms with E-state index < -0.39 is 0 Å². The molecule has 0 aliphatic carbocycles. The average Bonchev–Trinajstić information content (AvgIpc) is 2.37. The number of methoxy groups -OCH3 is 1. The summed E-state index contributed by atoms with van der Waals surface area (Å²) in [6.07, 6.45) is 0. The first-order valence-electron chi connectivity index (χ1n) is 5.25. The van der Waals surface area contributed by atoms with Gasteiger partial charge in [0, 0.05) is 19.2 Å². The maximum atomic E-state index is 11.6. The molecule has 7 heteroatoms. The van der Waals surface area contributed by atoms with Crippen LogP contribution in [0.3, 0.4) is 0 Å². The second kappa shape index (κ2) is 7.46. The lowest BCUT2D eigenvalue weighted by molar-refractivity contribution is 0.0943. The summed E-state index contributed by atoms with van der Waals surface area (Å²) in [5.41, 5.74) is 5.40. The lowest BCUT2D eigenvalue weighted by Crippen LogP contribution is -2.47. The fraction of sp³-hybridized carbons (Fsp3) is 0.273. The van der Waals surface area contributed by atoms with Crippen LogP contribution in [-0.4, -0.2) is 36.4 Å². The van der Waals surface area contributed by atoms with Crippen molar-refractivity contribution in [2.45, 2.75) is 0 Å². The number of hydrazine groups is 1. The smallest absolute Gasteiger partial charge is 0.269 e. The summed E-state index contributed by atoms with van der Waals surface area (Å²) in [4.78, 5) is 11.6. The number of nitrogens with one attached hydrogen (secondary N) is 3. The molecule has 0 unspecified atom stereocenters. The number of amides is 1. The highest BCUT2D eigenvalue weighted by Gasteiger charge is 2.04. The third kappa shape index (κ3) is 4.98. The van der Waals surface area contributed by atoms with Crippen molar-refractivity contribution >= 4 is 23.2 Å². The molecule has 0 saturated heterocycles. The molecule has 0 radical (unpaired) electrons. The monoisotopic (exact) mass is 269 g/mol. The highest BCUT2D eigenvalue weighted by atomic mass is 32.1. The van der Waals surface area contributed by atoms with Gasteiger partial charge in [-0.25, -0.2) is 0 Å². The number of carbonyl (C=O) groups is 1. The zero-order valence-electron chi connectivity index (χ0n) is 9.90. The number of benzene rings is 1. The molecule has 4 N–H and O–H groups in total. The Bertz CT molecular complexity index is 408. The van der Waals surface area contributed by atoms with Gasteiger partial charge in [-0.05, 0) is 36.5 Å². The Morgan fingerprint density at radius 1 is 1.33 bits per heavy atom. The molecule has 1 aromatic carbocycles. The van der Waals surface area contributed by atoms with E-state index in [4.69, 9.17) is 22.1 Å². The van der Waals surface area contributed by atoms with Crippen LogP contribution in [0.2, 0.25) is 0 Å². The van der Waals surface area contributed by atoms with E-state index >= 15 is 0 Å². The number of thiocarbonyl (C=S) groups is 1. The van der Waals surface area contributed by atoms with Gasteiger partial charge in [-0.3, -0.25) is 15.6 Å². The van der Waals surface area contributed by atoms with Crippen LogP contribution in [0.5, 0.6) is 5.75 Å². The summed E-state index contributed by atoms with van der Waals surface area (Å²) >= 11 is 4.92. The fourth-order valence-corrected chi connectivity index (χ4v) is 1.26. The molecular weight excluding hydrogens is 254 g/mol. The molecule has 0 fully saturated rings. The first-order valence-corrected chi connectivity index (χ1v) is 5.66. The second-order valence-corrected chi connectivity index (χ2v) is 3.78. The van der Waals surface area contributed by atoms with Crippen LogP contribution >= 0.6 is 12.2 Å². The molecule has 0 bridgehead atoms. The predicted octanol–water partition coefficient (Wildman–Crippen LogP) is 0.147. The van der Waals surface area contributed by atoms with Crippen molar-refractivity contribution in [3.63, 3.8) is 0 Å². The molecule has 0 saturated carbocycles. The second-order valence-electron chi connectivity index (χ2n) is 3.37.